The zero-order chi connectivity index (χ0) is 12.5. The monoisotopic (exact) mass is 296 g/mol. The van der Waals surface area contributed by atoms with Crippen LogP contribution in [0.25, 0.3) is 0 Å². The Kier molecular flexibility index (Phi) is 3.62. The maximum Gasteiger partial charge on any atom is 0.416 e. The van der Waals surface area contributed by atoms with Gasteiger partial charge in [0.1, 0.15) is 0 Å². The summed E-state index contributed by atoms with van der Waals surface area (Å²) in [5.74, 6) is -0.788. The predicted molar refractivity (Wildman–Crippen MR) is 55.2 cm³/mol. The van der Waals surface area contributed by atoms with Crippen molar-refractivity contribution in [1.82, 2.24) is 0 Å². The molecule has 0 radical (unpaired) electrons. The molecular formula is C10H8BrF3O2. The van der Waals surface area contributed by atoms with Gasteiger partial charge in [-0.3, -0.25) is 0 Å². The molecule has 88 valence electrons. The zero-order valence-electron chi connectivity index (χ0n) is 8.48. The van der Waals surface area contributed by atoms with E-state index in [2.05, 4.69) is 20.7 Å². The van der Waals surface area contributed by atoms with Gasteiger partial charge in [0.25, 0.3) is 0 Å². The highest BCUT2D eigenvalue weighted by Gasteiger charge is 2.34. The Hall–Kier alpha value is -1.04. The second kappa shape index (κ2) is 4.45. The molecule has 2 nitrogen and oxygen atoms in total. The first-order valence-electron chi connectivity index (χ1n) is 4.23. The van der Waals surface area contributed by atoms with Gasteiger partial charge in [-0.15, -0.1) is 0 Å². The maximum atomic E-state index is 12.6. The zero-order valence-corrected chi connectivity index (χ0v) is 10.1. The number of methoxy groups -OCH3 is 1. The third kappa shape index (κ3) is 2.55. The molecule has 16 heavy (non-hydrogen) atoms. The highest BCUT2D eigenvalue weighted by atomic mass is 79.9. The second-order valence-corrected chi connectivity index (χ2v) is 4.03. The number of hydrogen-bond donors (Lipinski definition) is 0. The summed E-state index contributed by atoms with van der Waals surface area (Å²) in [4.78, 5) is 11.3. The number of esters is 1. The maximum absolute atomic E-state index is 12.6. The van der Waals surface area contributed by atoms with Crippen LogP contribution in [0.1, 0.15) is 21.5 Å². The Morgan fingerprint density at radius 2 is 1.94 bits per heavy atom. The molecule has 0 aliphatic rings. The molecule has 0 aliphatic carbocycles. The minimum Gasteiger partial charge on any atom is -0.465 e. The molecular weight excluding hydrogens is 289 g/mol. The van der Waals surface area contributed by atoms with Crippen molar-refractivity contribution in [2.45, 2.75) is 13.1 Å². The van der Waals surface area contributed by atoms with E-state index in [1.165, 1.54) is 13.0 Å². The van der Waals surface area contributed by atoms with Crippen LogP contribution in [0.4, 0.5) is 13.2 Å². The van der Waals surface area contributed by atoms with Crippen molar-refractivity contribution in [3.8, 4) is 0 Å². The summed E-state index contributed by atoms with van der Waals surface area (Å²) >= 11 is 2.93. The van der Waals surface area contributed by atoms with Crippen molar-refractivity contribution in [3.05, 3.63) is 33.3 Å². The van der Waals surface area contributed by atoms with Crippen molar-refractivity contribution in [2.24, 2.45) is 0 Å². The number of ether oxygens (including phenoxy) is 1. The highest BCUT2D eigenvalue weighted by Crippen LogP contribution is 2.35. The lowest BCUT2D eigenvalue weighted by molar-refractivity contribution is -0.138. The second-order valence-electron chi connectivity index (χ2n) is 3.12. The van der Waals surface area contributed by atoms with Crippen LogP contribution in [0.15, 0.2) is 16.6 Å². The first kappa shape index (κ1) is 13.0. The van der Waals surface area contributed by atoms with E-state index in [1.807, 2.05) is 0 Å². The molecule has 0 spiro atoms. The fourth-order valence-corrected chi connectivity index (χ4v) is 1.75. The number of hydrogen-bond acceptors (Lipinski definition) is 2. The topological polar surface area (TPSA) is 26.3 Å². The molecule has 0 fully saturated rings. The quantitative estimate of drug-likeness (QED) is 0.741. The van der Waals surface area contributed by atoms with Gasteiger partial charge in [0.15, 0.2) is 0 Å². The van der Waals surface area contributed by atoms with Crippen LogP contribution in [-0.2, 0) is 10.9 Å². The van der Waals surface area contributed by atoms with Gasteiger partial charge in [0, 0.05) is 4.47 Å². The van der Waals surface area contributed by atoms with Crippen molar-refractivity contribution < 1.29 is 22.7 Å². The molecule has 0 heterocycles. The lowest BCUT2D eigenvalue weighted by Crippen LogP contribution is -2.12. The van der Waals surface area contributed by atoms with Gasteiger partial charge in [-0.1, -0.05) is 15.9 Å². The van der Waals surface area contributed by atoms with E-state index in [-0.39, 0.29) is 15.6 Å². The minimum absolute atomic E-state index is 0.0933. The van der Waals surface area contributed by atoms with Gasteiger partial charge in [0.2, 0.25) is 0 Å². The molecule has 0 atom stereocenters. The van der Waals surface area contributed by atoms with Crippen LogP contribution in [0.3, 0.4) is 0 Å². The van der Waals surface area contributed by atoms with E-state index < -0.39 is 17.7 Å². The van der Waals surface area contributed by atoms with Gasteiger partial charge in [-0.25, -0.2) is 4.79 Å². The smallest absolute Gasteiger partial charge is 0.416 e. The Bertz CT molecular complexity index is 427. The average Bonchev–Trinajstić information content (AvgIpc) is 2.18. The fourth-order valence-electron chi connectivity index (χ4n) is 1.30. The molecule has 1 rings (SSSR count). The molecule has 0 unspecified atom stereocenters. The van der Waals surface area contributed by atoms with Crippen LogP contribution in [0.5, 0.6) is 0 Å². The van der Waals surface area contributed by atoms with E-state index in [4.69, 9.17) is 0 Å². The number of carbonyl (C=O) groups excluding carboxylic acids is 1. The van der Waals surface area contributed by atoms with Crippen LogP contribution in [-0.4, -0.2) is 13.1 Å². The van der Waals surface area contributed by atoms with Gasteiger partial charge >= 0.3 is 12.1 Å². The Labute approximate surface area is 98.5 Å². The van der Waals surface area contributed by atoms with Crippen molar-refractivity contribution in [3.63, 3.8) is 0 Å². The van der Waals surface area contributed by atoms with Gasteiger partial charge in [-0.05, 0) is 24.6 Å². The van der Waals surface area contributed by atoms with E-state index in [0.29, 0.717) is 0 Å². The lowest BCUT2D eigenvalue weighted by Gasteiger charge is -2.13. The first-order chi connectivity index (χ1) is 7.27. The number of carbonyl (C=O) groups is 1. The van der Waals surface area contributed by atoms with Gasteiger partial charge < -0.3 is 4.74 Å². The molecule has 0 amide bonds. The molecule has 0 N–H and O–H groups in total. The number of alkyl halides is 3. The summed E-state index contributed by atoms with van der Waals surface area (Å²) < 4.78 is 42.4. The predicted octanol–water partition coefficient (Wildman–Crippen LogP) is 3.56. The van der Waals surface area contributed by atoms with Crippen LogP contribution < -0.4 is 0 Å². The standard InChI is InChI=1S/C10H8BrF3O2/c1-5-7(9(15)16-2)3-6(11)4-8(5)10(12,13)14/h3-4H,1-2H3. The van der Waals surface area contributed by atoms with Crippen LogP contribution >= 0.6 is 15.9 Å². The molecule has 0 saturated carbocycles. The summed E-state index contributed by atoms with van der Waals surface area (Å²) in [5.41, 5.74) is -1.07. The van der Waals surface area contributed by atoms with E-state index in [9.17, 15) is 18.0 Å². The summed E-state index contributed by atoms with van der Waals surface area (Å²) in [6, 6.07) is 2.23. The molecule has 0 saturated heterocycles. The van der Waals surface area contributed by atoms with E-state index in [1.54, 1.807) is 0 Å². The largest absolute Gasteiger partial charge is 0.465 e. The normalized spacial score (nSPS) is 11.4. The minimum atomic E-state index is -4.49. The Morgan fingerprint density at radius 1 is 1.38 bits per heavy atom. The lowest BCUT2D eigenvalue weighted by atomic mass is 10.0. The molecule has 6 heteroatoms. The highest BCUT2D eigenvalue weighted by molar-refractivity contribution is 9.10. The molecule has 0 bridgehead atoms. The van der Waals surface area contributed by atoms with Crippen LogP contribution in [0.2, 0.25) is 0 Å². The van der Waals surface area contributed by atoms with Crippen LogP contribution in [0, 0.1) is 6.92 Å². The summed E-state index contributed by atoms with van der Waals surface area (Å²) in [6.45, 7) is 1.24. The van der Waals surface area contributed by atoms with E-state index >= 15 is 0 Å². The third-order valence-corrected chi connectivity index (χ3v) is 2.54. The van der Waals surface area contributed by atoms with Crippen molar-refractivity contribution in [2.75, 3.05) is 7.11 Å². The van der Waals surface area contributed by atoms with Gasteiger partial charge in [-0.2, -0.15) is 13.2 Å². The average molecular weight is 297 g/mol. The SMILES string of the molecule is COC(=O)c1cc(Br)cc(C(F)(F)F)c1C. The summed E-state index contributed by atoms with van der Waals surface area (Å²) in [5, 5.41) is 0. The summed E-state index contributed by atoms with van der Waals surface area (Å²) in [6.07, 6.45) is -4.49. The third-order valence-electron chi connectivity index (χ3n) is 2.08. The molecule has 0 aliphatic heterocycles. The van der Waals surface area contributed by atoms with E-state index in [0.717, 1.165) is 13.2 Å². The fraction of sp³-hybridized carbons (Fsp3) is 0.300. The summed E-state index contributed by atoms with van der Waals surface area (Å²) in [7, 11) is 1.12. The number of benzene rings is 1. The number of halogens is 4. The van der Waals surface area contributed by atoms with Gasteiger partial charge in [0.05, 0.1) is 18.2 Å². The van der Waals surface area contributed by atoms with Crippen molar-refractivity contribution in [1.29, 1.82) is 0 Å². The van der Waals surface area contributed by atoms with Crippen molar-refractivity contribution >= 4 is 21.9 Å². The Balaban J connectivity index is 3.44. The Morgan fingerprint density at radius 3 is 2.38 bits per heavy atom. The molecule has 1 aromatic carbocycles. The molecule has 0 aromatic heterocycles. The number of rotatable bonds is 1. The first-order valence-corrected chi connectivity index (χ1v) is 5.02. The molecule has 1 aromatic rings.